The Morgan fingerprint density at radius 1 is 1.00 bits per heavy atom. The number of amides is 1. The molecule has 0 aromatic heterocycles. The van der Waals surface area contributed by atoms with Crippen LogP contribution in [0.3, 0.4) is 0 Å². The van der Waals surface area contributed by atoms with E-state index in [0.29, 0.717) is 24.5 Å². The minimum absolute atomic E-state index is 0.284. The average Bonchev–Trinajstić information content (AvgIpc) is 2.72. The molecule has 1 saturated heterocycles. The lowest BCUT2D eigenvalue weighted by molar-refractivity contribution is -0.137. The van der Waals surface area contributed by atoms with Gasteiger partial charge >= 0.3 is 6.18 Å². The molecule has 0 unspecified atom stereocenters. The summed E-state index contributed by atoms with van der Waals surface area (Å²) in [6, 6.07) is 12.5. The molecule has 1 aliphatic heterocycles. The predicted molar refractivity (Wildman–Crippen MR) is 113 cm³/mol. The normalized spacial score (nSPS) is 16.2. The summed E-state index contributed by atoms with van der Waals surface area (Å²) in [4.78, 5) is 16.4. The topological polar surface area (TPSA) is 60.9 Å². The second-order valence-electron chi connectivity index (χ2n) is 7.43. The van der Waals surface area contributed by atoms with Crippen LogP contribution in [0.15, 0.2) is 54.6 Å². The van der Waals surface area contributed by atoms with Crippen molar-refractivity contribution < 1.29 is 26.4 Å². The molecule has 2 aromatic rings. The maximum Gasteiger partial charge on any atom is 0.416 e. The lowest BCUT2D eigenvalue weighted by Crippen LogP contribution is -2.55. The van der Waals surface area contributed by atoms with Crippen LogP contribution in [0.5, 0.6) is 0 Å². The summed E-state index contributed by atoms with van der Waals surface area (Å²) in [7, 11) is -3.70. The largest absolute Gasteiger partial charge is 0.416 e. The zero-order chi connectivity index (χ0) is 22.8. The number of alkyl halides is 3. The Morgan fingerprint density at radius 2 is 1.61 bits per heavy atom. The molecule has 0 N–H and O–H groups in total. The van der Waals surface area contributed by atoms with Crippen molar-refractivity contribution >= 4 is 27.3 Å². The Kier molecular flexibility index (Phi) is 6.49. The van der Waals surface area contributed by atoms with Crippen molar-refractivity contribution in [2.24, 2.45) is 0 Å². The van der Waals surface area contributed by atoms with Crippen molar-refractivity contribution in [3.63, 3.8) is 0 Å². The maximum atomic E-state index is 13.0. The number of para-hydroxylation sites is 1. The van der Waals surface area contributed by atoms with E-state index in [0.717, 1.165) is 22.7 Å². The van der Waals surface area contributed by atoms with Gasteiger partial charge in [0.25, 0.3) is 0 Å². The Balaban J connectivity index is 1.71. The number of sulfonamides is 1. The van der Waals surface area contributed by atoms with Gasteiger partial charge in [0.1, 0.15) is 6.04 Å². The van der Waals surface area contributed by atoms with Crippen LogP contribution in [-0.2, 0) is 21.0 Å². The summed E-state index contributed by atoms with van der Waals surface area (Å²) in [6.07, 6.45) is -3.37. The number of carbonyl (C=O) groups is 1. The van der Waals surface area contributed by atoms with E-state index in [1.807, 2.05) is 0 Å². The van der Waals surface area contributed by atoms with Crippen LogP contribution in [0.25, 0.3) is 0 Å². The summed E-state index contributed by atoms with van der Waals surface area (Å²) in [5, 5.41) is 0. The zero-order valence-corrected chi connectivity index (χ0v) is 18.0. The predicted octanol–water partition coefficient (Wildman–Crippen LogP) is 3.21. The molecule has 2 aromatic carbocycles. The van der Waals surface area contributed by atoms with Crippen molar-refractivity contribution in [3.8, 4) is 0 Å². The number of piperazine rings is 1. The van der Waals surface area contributed by atoms with Gasteiger partial charge in [-0.1, -0.05) is 24.3 Å². The summed E-state index contributed by atoms with van der Waals surface area (Å²) in [6.45, 7) is 2.81. The molecule has 6 nitrogen and oxygen atoms in total. The van der Waals surface area contributed by atoms with E-state index in [4.69, 9.17) is 0 Å². The minimum atomic E-state index is -4.42. The molecule has 0 radical (unpaired) electrons. The highest BCUT2D eigenvalue weighted by molar-refractivity contribution is 7.92. The van der Waals surface area contributed by atoms with Gasteiger partial charge in [-0.05, 0) is 37.3 Å². The number of hydrogen-bond acceptors (Lipinski definition) is 4. The van der Waals surface area contributed by atoms with Crippen molar-refractivity contribution in [2.75, 3.05) is 41.6 Å². The fraction of sp³-hybridized carbons (Fsp3) is 0.381. The van der Waals surface area contributed by atoms with Crippen LogP contribution < -0.4 is 9.21 Å². The van der Waals surface area contributed by atoms with Crippen LogP contribution in [0.1, 0.15) is 12.5 Å². The fourth-order valence-corrected chi connectivity index (χ4v) is 4.87. The Morgan fingerprint density at radius 3 is 2.16 bits per heavy atom. The molecule has 0 aliphatic carbocycles. The quantitative estimate of drug-likeness (QED) is 0.695. The van der Waals surface area contributed by atoms with E-state index in [1.54, 1.807) is 46.2 Å². The lowest BCUT2D eigenvalue weighted by atomic mass is 10.1. The molecule has 0 spiro atoms. The highest BCUT2D eigenvalue weighted by Crippen LogP contribution is 2.32. The number of carbonyl (C=O) groups excluding carboxylic acids is 1. The van der Waals surface area contributed by atoms with E-state index >= 15 is 0 Å². The molecular weight excluding hydrogens is 431 g/mol. The molecule has 168 valence electrons. The minimum Gasteiger partial charge on any atom is -0.368 e. The van der Waals surface area contributed by atoms with E-state index in [1.165, 1.54) is 13.0 Å². The van der Waals surface area contributed by atoms with Crippen LogP contribution in [0.4, 0.5) is 24.5 Å². The summed E-state index contributed by atoms with van der Waals surface area (Å²) >= 11 is 0. The second kappa shape index (κ2) is 8.78. The van der Waals surface area contributed by atoms with Crippen molar-refractivity contribution in [3.05, 3.63) is 60.2 Å². The molecule has 3 rings (SSSR count). The second-order valence-corrected chi connectivity index (χ2v) is 9.29. The summed E-state index contributed by atoms with van der Waals surface area (Å²) < 4.78 is 64.8. The number of rotatable bonds is 5. The van der Waals surface area contributed by atoms with Crippen LogP contribution in [0, 0.1) is 0 Å². The smallest absolute Gasteiger partial charge is 0.368 e. The number of nitrogens with zero attached hydrogens (tertiary/aromatic N) is 3. The van der Waals surface area contributed by atoms with Crippen molar-refractivity contribution in [2.45, 2.75) is 19.1 Å². The first kappa shape index (κ1) is 22.9. The average molecular weight is 456 g/mol. The van der Waals surface area contributed by atoms with E-state index in [2.05, 4.69) is 0 Å². The third kappa shape index (κ3) is 5.30. The third-order valence-electron chi connectivity index (χ3n) is 5.21. The van der Waals surface area contributed by atoms with Gasteiger partial charge in [-0.15, -0.1) is 0 Å². The molecule has 1 aliphatic rings. The molecule has 31 heavy (non-hydrogen) atoms. The Bertz CT molecular complexity index is 1020. The monoisotopic (exact) mass is 455 g/mol. The first-order valence-corrected chi connectivity index (χ1v) is 11.6. The molecule has 10 heteroatoms. The Labute approximate surface area is 179 Å². The van der Waals surface area contributed by atoms with Crippen LogP contribution in [-0.4, -0.2) is 57.7 Å². The summed E-state index contributed by atoms with van der Waals surface area (Å²) in [5.74, 6) is -0.349. The number of halogens is 3. The van der Waals surface area contributed by atoms with Gasteiger partial charge in [0, 0.05) is 31.9 Å². The highest BCUT2D eigenvalue weighted by Gasteiger charge is 2.34. The van der Waals surface area contributed by atoms with E-state index in [9.17, 15) is 26.4 Å². The SMILES string of the molecule is C[C@H](C(=O)N1CCN(c2cccc(C(F)(F)F)c2)CC1)N(c1ccccc1)S(C)(=O)=O. The lowest BCUT2D eigenvalue weighted by Gasteiger charge is -2.39. The zero-order valence-electron chi connectivity index (χ0n) is 17.2. The summed E-state index contributed by atoms with van der Waals surface area (Å²) in [5.41, 5.74) is 0.120. The molecular formula is C21H24F3N3O3S. The van der Waals surface area contributed by atoms with Crippen LogP contribution in [0.2, 0.25) is 0 Å². The van der Waals surface area contributed by atoms with Gasteiger partial charge in [0.2, 0.25) is 15.9 Å². The molecule has 1 amide bonds. The Hall–Kier alpha value is -2.75. The van der Waals surface area contributed by atoms with Gasteiger partial charge in [0.15, 0.2) is 0 Å². The van der Waals surface area contributed by atoms with E-state index < -0.39 is 27.8 Å². The fourth-order valence-electron chi connectivity index (χ4n) is 3.71. The van der Waals surface area contributed by atoms with Gasteiger partial charge in [-0.2, -0.15) is 13.2 Å². The number of benzene rings is 2. The molecule has 1 fully saturated rings. The standard InChI is InChI=1S/C21H24F3N3O3S/c1-16(27(31(2,29)30)18-8-4-3-5-9-18)20(28)26-13-11-25(12-14-26)19-10-6-7-17(15-19)21(22,23)24/h3-10,15-16H,11-14H2,1-2H3/t16-/m1/s1. The molecule has 1 heterocycles. The van der Waals surface area contributed by atoms with Crippen molar-refractivity contribution in [1.82, 2.24) is 4.90 Å². The number of anilines is 2. The molecule has 0 saturated carbocycles. The van der Waals surface area contributed by atoms with Crippen LogP contribution >= 0.6 is 0 Å². The van der Waals surface area contributed by atoms with Gasteiger partial charge < -0.3 is 9.80 Å². The first-order chi connectivity index (χ1) is 14.5. The van der Waals surface area contributed by atoms with Gasteiger partial charge in [0.05, 0.1) is 17.5 Å². The van der Waals surface area contributed by atoms with Gasteiger partial charge in [-0.3, -0.25) is 9.10 Å². The number of hydrogen-bond donors (Lipinski definition) is 0. The molecule has 0 bridgehead atoms. The highest BCUT2D eigenvalue weighted by atomic mass is 32.2. The van der Waals surface area contributed by atoms with Crippen molar-refractivity contribution in [1.29, 1.82) is 0 Å². The van der Waals surface area contributed by atoms with E-state index in [-0.39, 0.29) is 19.0 Å². The van der Waals surface area contributed by atoms with Gasteiger partial charge in [-0.25, -0.2) is 8.42 Å². The first-order valence-electron chi connectivity index (χ1n) is 9.74. The maximum absolute atomic E-state index is 13.0. The third-order valence-corrected chi connectivity index (χ3v) is 6.45. The molecule has 1 atom stereocenters.